The van der Waals surface area contributed by atoms with Crippen LogP contribution in [0.3, 0.4) is 0 Å². The third-order valence-corrected chi connectivity index (χ3v) is 4.88. The Labute approximate surface area is 156 Å². The minimum atomic E-state index is 0.185. The second-order valence-corrected chi connectivity index (χ2v) is 6.90. The normalized spacial score (nSPS) is 11.3. The third-order valence-electron chi connectivity index (χ3n) is 3.98. The molecule has 0 aliphatic rings. The molecule has 5 N–H and O–H groups in total. The summed E-state index contributed by atoms with van der Waals surface area (Å²) in [7, 11) is 0. The molecule has 0 spiro atoms. The third kappa shape index (κ3) is 2.80. The van der Waals surface area contributed by atoms with Crippen molar-refractivity contribution in [3.63, 3.8) is 0 Å². The molecule has 25 heavy (non-hydrogen) atoms. The maximum atomic E-state index is 5.92. The van der Waals surface area contributed by atoms with Crippen LogP contribution in [0.15, 0.2) is 30.5 Å². The molecule has 0 aliphatic carbocycles. The maximum absolute atomic E-state index is 5.92. The van der Waals surface area contributed by atoms with Gasteiger partial charge in [-0.25, -0.2) is 9.67 Å². The number of aryl methyl sites for hydroxylation is 1. The zero-order chi connectivity index (χ0) is 17.6. The van der Waals surface area contributed by atoms with E-state index in [2.05, 4.69) is 47.9 Å². The lowest BCUT2D eigenvalue weighted by molar-refractivity contribution is 0.664. The van der Waals surface area contributed by atoms with Crippen molar-refractivity contribution in [2.24, 2.45) is 0 Å². The Hall–Kier alpha value is -2.69. The minimum absolute atomic E-state index is 0.185. The Balaban J connectivity index is 1.83. The summed E-state index contributed by atoms with van der Waals surface area (Å²) < 4.78 is 2.75. The van der Waals surface area contributed by atoms with Gasteiger partial charge in [-0.3, -0.25) is 0 Å². The van der Waals surface area contributed by atoms with Gasteiger partial charge in [0.2, 0.25) is 5.95 Å². The van der Waals surface area contributed by atoms with Crippen LogP contribution in [-0.4, -0.2) is 29.9 Å². The summed E-state index contributed by atoms with van der Waals surface area (Å²) in [6, 6.07) is 7.85. The number of rotatable bonds is 3. The number of anilines is 2. The number of nitrogens with one attached hydrogen (secondary N) is 1. The van der Waals surface area contributed by atoms with E-state index in [0.717, 1.165) is 26.1 Å². The molecule has 0 radical (unpaired) electrons. The number of nitrogens with zero attached hydrogens (tertiary/aromatic N) is 5. The highest BCUT2D eigenvalue weighted by atomic mass is 127. The van der Waals surface area contributed by atoms with Crippen LogP contribution in [0.1, 0.15) is 11.1 Å². The van der Waals surface area contributed by atoms with Crippen molar-refractivity contribution in [1.29, 1.82) is 0 Å². The molecule has 0 bridgehead atoms. The molecule has 126 valence electrons. The molecule has 3 heterocycles. The summed E-state index contributed by atoms with van der Waals surface area (Å²) in [5.41, 5.74) is 17.4. The second-order valence-electron chi connectivity index (χ2n) is 5.74. The number of fused-ring (bicyclic) bond motifs is 1. The van der Waals surface area contributed by atoms with E-state index in [9.17, 15) is 0 Å². The first-order valence-electron chi connectivity index (χ1n) is 7.58. The van der Waals surface area contributed by atoms with Gasteiger partial charge >= 0.3 is 0 Å². The monoisotopic (exact) mass is 446 g/mol. The predicted octanol–water partition coefficient (Wildman–Crippen LogP) is 2.34. The average Bonchev–Trinajstić information content (AvgIpc) is 3.17. The fraction of sp³-hybridized carbons (Fsp3) is 0.125. The standard InChI is InChI=1S/C16H15IN8/c1-8-6-9(2-3-11(8)18)7-25-15-14(23-24-25)13(21-16(19)22-15)12-10(17)4-5-20-12/h2-6,20H,7,18H2,1H3,(H2,19,21,22). The number of H-pyrrole nitrogens is 1. The van der Waals surface area contributed by atoms with E-state index in [0.29, 0.717) is 23.4 Å². The van der Waals surface area contributed by atoms with Gasteiger partial charge in [-0.1, -0.05) is 17.3 Å². The molecule has 4 aromatic rings. The van der Waals surface area contributed by atoms with Crippen LogP contribution in [0.2, 0.25) is 0 Å². The lowest BCUT2D eigenvalue weighted by atomic mass is 10.1. The topological polar surface area (TPSA) is 124 Å². The van der Waals surface area contributed by atoms with Gasteiger partial charge in [-0.15, -0.1) is 5.10 Å². The van der Waals surface area contributed by atoms with Gasteiger partial charge in [-0.05, 0) is 52.8 Å². The van der Waals surface area contributed by atoms with E-state index >= 15 is 0 Å². The maximum Gasteiger partial charge on any atom is 0.222 e. The SMILES string of the molecule is Cc1cc(Cn2nnc3c(-c4[nH]ccc4I)nc(N)nc32)ccc1N. The molecule has 0 amide bonds. The number of nitrogen functional groups attached to an aromatic ring is 2. The van der Waals surface area contributed by atoms with Gasteiger partial charge < -0.3 is 16.5 Å². The number of benzene rings is 1. The fourth-order valence-corrected chi connectivity index (χ4v) is 3.29. The summed E-state index contributed by atoms with van der Waals surface area (Å²) in [6.07, 6.45) is 1.85. The predicted molar refractivity (Wildman–Crippen MR) is 105 cm³/mol. The highest BCUT2D eigenvalue weighted by molar-refractivity contribution is 14.1. The molecule has 0 unspecified atom stereocenters. The van der Waals surface area contributed by atoms with Crippen molar-refractivity contribution >= 4 is 45.4 Å². The smallest absolute Gasteiger partial charge is 0.222 e. The van der Waals surface area contributed by atoms with Crippen LogP contribution in [-0.2, 0) is 6.54 Å². The van der Waals surface area contributed by atoms with E-state index in [1.807, 2.05) is 37.4 Å². The molecule has 4 rings (SSSR count). The molecule has 0 saturated heterocycles. The first-order chi connectivity index (χ1) is 12.0. The van der Waals surface area contributed by atoms with Crippen molar-refractivity contribution < 1.29 is 0 Å². The number of aromatic nitrogens is 6. The lowest BCUT2D eigenvalue weighted by Gasteiger charge is -2.06. The van der Waals surface area contributed by atoms with Gasteiger partial charge in [0.15, 0.2) is 11.2 Å². The summed E-state index contributed by atoms with van der Waals surface area (Å²) in [5.74, 6) is 0.185. The molecule has 0 saturated carbocycles. The van der Waals surface area contributed by atoms with E-state index in [4.69, 9.17) is 11.5 Å². The summed E-state index contributed by atoms with van der Waals surface area (Å²) in [6.45, 7) is 2.50. The highest BCUT2D eigenvalue weighted by Crippen LogP contribution is 2.28. The number of nitrogens with two attached hydrogens (primary N) is 2. The molecule has 1 aromatic carbocycles. The van der Waals surface area contributed by atoms with Crippen LogP contribution in [0.4, 0.5) is 11.6 Å². The molecule has 0 aliphatic heterocycles. The Morgan fingerprint density at radius 1 is 1.20 bits per heavy atom. The van der Waals surface area contributed by atoms with E-state index in [1.165, 1.54) is 0 Å². The van der Waals surface area contributed by atoms with E-state index < -0.39 is 0 Å². The van der Waals surface area contributed by atoms with Gasteiger partial charge in [0.25, 0.3) is 0 Å². The molecule has 8 nitrogen and oxygen atoms in total. The summed E-state index contributed by atoms with van der Waals surface area (Å²) >= 11 is 2.24. The zero-order valence-corrected chi connectivity index (χ0v) is 15.5. The Morgan fingerprint density at radius 2 is 2.04 bits per heavy atom. The zero-order valence-electron chi connectivity index (χ0n) is 13.4. The average molecular weight is 446 g/mol. The Bertz CT molecular complexity index is 1080. The van der Waals surface area contributed by atoms with Crippen LogP contribution in [0, 0.1) is 10.5 Å². The van der Waals surface area contributed by atoms with Crippen molar-refractivity contribution in [3.8, 4) is 11.4 Å². The Kier molecular flexibility index (Phi) is 3.79. The van der Waals surface area contributed by atoms with Crippen molar-refractivity contribution in [2.45, 2.75) is 13.5 Å². The van der Waals surface area contributed by atoms with Crippen LogP contribution >= 0.6 is 22.6 Å². The van der Waals surface area contributed by atoms with Crippen LogP contribution < -0.4 is 11.5 Å². The molecular weight excluding hydrogens is 431 g/mol. The van der Waals surface area contributed by atoms with Crippen LogP contribution in [0.5, 0.6) is 0 Å². The molecule has 9 heteroatoms. The first-order valence-corrected chi connectivity index (χ1v) is 8.66. The largest absolute Gasteiger partial charge is 0.399 e. The number of hydrogen-bond donors (Lipinski definition) is 3. The highest BCUT2D eigenvalue weighted by Gasteiger charge is 2.18. The minimum Gasteiger partial charge on any atom is -0.399 e. The second kappa shape index (κ2) is 5.99. The Morgan fingerprint density at radius 3 is 2.76 bits per heavy atom. The summed E-state index contributed by atoms with van der Waals surface area (Å²) in [5, 5.41) is 8.52. The number of hydrogen-bond acceptors (Lipinski definition) is 6. The van der Waals surface area contributed by atoms with Gasteiger partial charge in [0.05, 0.1) is 12.2 Å². The molecule has 0 atom stereocenters. The van der Waals surface area contributed by atoms with Gasteiger partial charge in [0, 0.05) is 15.5 Å². The molecular formula is C16H15IN8. The molecule has 0 fully saturated rings. The lowest BCUT2D eigenvalue weighted by Crippen LogP contribution is -2.06. The van der Waals surface area contributed by atoms with Crippen LogP contribution in [0.25, 0.3) is 22.6 Å². The van der Waals surface area contributed by atoms with Gasteiger partial charge in [0.1, 0.15) is 5.69 Å². The number of halogens is 1. The number of aromatic amines is 1. The van der Waals surface area contributed by atoms with Crippen molar-refractivity contribution in [1.82, 2.24) is 29.9 Å². The van der Waals surface area contributed by atoms with E-state index in [-0.39, 0.29) is 5.95 Å². The van der Waals surface area contributed by atoms with E-state index in [1.54, 1.807) is 4.68 Å². The summed E-state index contributed by atoms with van der Waals surface area (Å²) in [4.78, 5) is 11.9. The van der Waals surface area contributed by atoms with Crippen molar-refractivity contribution in [3.05, 3.63) is 45.2 Å². The first kappa shape index (κ1) is 15.8. The van der Waals surface area contributed by atoms with Crippen molar-refractivity contribution in [2.75, 3.05) is 11.5 Å². The van der Waals surface area contributed by atoms with Gasteiger partial charge in [-0.2, -0.15) is 4.98 Å². The fourth-order valence-electron chi connectivity index (χ4n) is 2.69. The quantitative estimate of drug-likeness (QED) is 0.328. The molecule has 3 aromatic heterocycles.